The maximum atomic E-state index is 11.9. The van der Waals surface area contributed by atoms with Crippen LogP contribution in [0.4, 0.5) is 26.3 Å². The summed E-state index contributed by atoms with van der Waals surface area (Å²) < 4.78 is 64.9. The Kier molecular flexibility index (Phi) is 3.21. The van der Waals surface area contributed by atoms with Gasteiger partial charge in [-0.15, -0.1) is 0 Å². The summed E-state index contributed by atoms with van der Waals surface area (Å²) in [6.45, 7) is 0. The lowest BCUT2D eigenvalue weighted by molar-refractivity contribution is -0.105. The van der Waals surface area contributed by atoms with Crippen LogP contribution in [0.2, 0.25) is 0 Å². The Labute approximate surface area is 71.4 Å². The smallest absolute Gasteiger partial charge is 0.194 e. The van der Waals surface area contributed by atoms with E-state index in [2.05, 4.69) is 0 Å². The zero-order valence-electron chi connectivity index (χ0n) is 4.72. The SMILES string of the molecule is FC(F)=CC(F)(F)C(F)(F)I. The Morgan fingerprint density at radius 3 is 1.55 bits per heavy atom. The summed E-state index contributed by atoms with van der Waals surface area (Å²) >= 11 is 0.0915. The second kappa shape index (κ2) is 3.20. The van der Waals surface area contributed by atoms with Gasteiger partial charge in [-0.2, -0.15) is 26.3 Å². The molecule has 66 valence electrons. The molecule has 0 spiro atoms. The van der Waals surface area contributed by atoms with Crippen LogP contribution in [0, 0.1) is 0 Å². The Morgan fingerprint density at radius 1 is 1.09 bits per heavy atom. The Morgan fingerprint density at radius 2 is 1.45 bits per heavy atom. The van der Waals surface area contributed by atoms with E-state index >= 15 is 0 Å². The van der Waals surface area contributed by atoms with Crippen molar-refractivity contribution in [3.63, 3.8) is 0 Å². The predicted octanol–water partition coefficient (Wildman–Crippen LogP) is 3.43. The molecule has 0 atom stereocenters. The maximum absolute atomic E-state index is 11.9. The summed E-state index contributed by atoms with van der Waals surface area (Å²) in [7, 11) is 0. The number of hydrogen-bond donors (Lipinski definition) is 0. The molecule has 11 heavy (non-hydrogen) atoms. The van der Waals surface area contributed by atoms with Crippen LogP contribution in [-0.2, 0) is 0 Å². The number of rotatable bonds is 2. The number of allylic oxidation sites excluding steroid dienone is 1. The highest BCUT2D eigenvalue weighted by molar-refractivity contribution is 14.1. The minimum Gasteiger partial charge on any atom is -0.194 e. The van der Waals surface area contributed by atoms with Gasteiger partial charge >= 0.3 is 9.85 Å². The largest absolute Gasteiger partial charge is 0.362 e. The topological polar surface area (TPSA) is 0 Å². The van der Waals surface area contributed by atoms with Crippen molar-refractivity contribution >= 4 is 22.6 Å². The second-order valence-electron chi connectivity index (χ2n) is 1.55. The number of hydrogen-bond acceptors (Lipinski definition) is 0. The first-order chi connectivity index (χ1) is 4.67. The Hall–Kier alpha value is 0.0500. The highest BCUT2D eigenvalue weighted by Gasteiger charge is 2.53. The van der Waals surface area contributed by atoms with Crippen molar-refractivity contribution in [2.24, 2.45) is 0 Å². The van der Waals surface area contributed by atoms with Crippen molar-refractivity contribution < 1.29 is 26.3 Å². The summed E-state index contributed by atoms with van der Waals surface area (Å²) in [6.07, 6.45) is -3.90. The van der Waals surface area contributed by atoms with E-state index in [1.165, 1.54) is 0 Å². The zero-order valence-corrected chi connectivity index (χ0v) is 6.88. The average molecular weight is 290 g/mol. The van der Waals surface area contributed by atoms with E-state index in [0.29, 0.717) is 0 Å². The van der Waals surface area contributed by atoms with Crippen molar-refractivity contribution in [3.8, 4) is 0 Å². The van der Waals surface area contributed by atoms with Crippen molar-refractivity contribution in [1.29, 1.82) is 0 Å². The molecule has 0 aliphatic rings. The third kappa shape index (κ3) is 3.30. The van der Waals surface area contributed by atoms with Crippen LogP contribution in [0.15, 0.2) is 12.2 Å². The molecule has 0 heterocycles. The van der Waals surface area contributed by atoms with Gasteiger partial charge in [0.1, 0.15) is 0 Å². The van der Waals surface area contributed by atoms with Crippen LogP contribution in [0.3, 0.4) is 0 Å². The molecule has 0 N–H and O–H groups in total. The molecular formula is C4HF6I. The van der Waals surface area contributed by atoms with E-state index in [1.54, 1.807) is 0 Å². The molecule has 0 aromatic heterocycles. The van der Waals surface area contributed by atoms with Gasteiger partial charge < -0.3 is 0 Å². The molecule has 0 radical (unpaired) electrons. The van der Waals surface area contributed by atoms with Gasteiger partial charge in [-0.25, -0.2) is 0 Å². The van der Waals surface area contributed by atoms with E-state index in [9.17, 15) is 26.3 Å². The van der Waals surface area contributed by atoms with E-state index in [1.807, 2.05) is 0 Å². The molecular weight excluding hydrogens is 289 g/mol. The summed E-state index contributed by atoms with van der Waals surface area (Å²) in [5.74, 6) is -4.80. The van der Waals surface area contributed by atoms with Gasteiger partial charge in [-0.3, -0.25) is 0 Å². The quantitative estimate of drug-likeness (QED) is 0.415. The molecule has 0 saturated heterocycles. The van der Waals surface area contributed by atoms with Crippen LogP contribution < -0.4 is 0 Å². The monoisotopic (exact) mass is 290 g/mol. The highest BCUT2D eigenvalue weighted by Crippen LogP contribution is 2.41. The Bertz CT molecular complexity index is 164. The molecule has 0 aromatic carbocycles. The van der Waals surface area contributed by atoms with E-state index in [-0.39, 0.29) is 22.6 Å². The standard InChI is InChI=1S/C4HF6I/c5-2(6)1-3(7,8)4(9,10)11/h1H. The molecule has 7 heteroatoms. The van der Waals surface area contributed by atoms with Crippen LogP contribution in [0.5, 0.6) is 0 Å². The fourth-order valence-corrected chi connectivity index (χ4v) is 0.375. The van der Waals surface area contributed by atoms with Gasteiger partial charge in [0.25, 0.3) is 6.08 Å². The minimum absolute atomic E-state index is 0.0915. The van der Waals surface area contributed by atoms with Gasteiger partial charge in [0.15, 0.2) is 0 Å². The van der Waals surface area contributed by atoms with Crippen molar-refractivity contribution in [3.05, 3.63) is 12.2 Å². The van der Waals surface area contributed by atoms with Crippen LogP contribution >= 0.6 is 22.6 Å². The maximum Gasteiger partial charge on any atom is 0.362 e. The lowest BCUT2D eigenvalue weighted by Crippen LogP contribution is -2.32. The summed E-state index contributed by atoms with van der Waals surface area (Å²) in [4.78, 5) is 0. The molecule has 0 fully saturated rings. The third-order valence-electron chi connectivity index (χ3n) is 0.668. The van der Waals surface area contributed by atoms with Crippen molar-refractivity contribution in [1.82, 2.24) is 0 Å². The summed E-state index contributed by atoms with van der Waals surface area (Å²) in [5, 5.41) is 0. The second-order valence-corrected chi connectivity index (χ2v) is 2.91. The van der Waals surface area contributed by atoms with Crippen molar-refractivity contribution in [2.75, 3.05) is 0 Å². The van der Waals surface area contributed by atoms with E-state index in [4.69, 9.17) is 0 Å². The van der Waals surface area contributed by atoms with Crippen LogP contribution in [0.25, 0.3) is 0 Å². The fraction of sp³-hybridized carbons (Fsp3) is 0.500. The lowest BCUT2D eigenvalue weighted by Gasteiger charge is -2.16. The molecule has 0 aromatic rings. The number of alkyl halides is 5. The first-order valence-corrected chi connectivity index (χ1v) is 3.23. The lowest BCUT2D eigenvalue weighted by atomic mass is 10.3. The fourth-order valence-electron chi connectivity index (χ4n) is 0.219. The van der Waals surface area contributed by atoms with Crippen molar-refractivity contribution in [2.45, 2.75) is 9.85 Å². The molecule has 0 aliphatic carbocycles. The summed E-state index contributed by atoms with van der Waals surface area (Å²) in [6, 6.07) is 0. The van der Waals surface area contributed by atoms with E-state index in [0.717, 1.165) is 0 Å². The molecule has 0 nitrogen and oxygen atoms in total. The van der Waals surface area contributed by atoms with Gasteiger partial charge in [0.2, 0.25) is 0 Å². The first kappa shape index (κ1) is 11.1. The molecule has 0 bridgehead atoms. The van der Waals surface area contributed by atoms with Gasteiger partial charge in [-0.1, -0.05) is 0 Å². The number of halogens is 7. The molecule has 0 saturated carbocycles. The minimum atomic E-state index is -4.80. The molecule has 0 aliphatic heterocycles. The van der Waals surface area contributed by atoms with Gasteiger partial charge in [0.05, 0.1) is 6.08 Å². The van der Waals surface area contributed by atoms with E-state index < -0.39 is 22.0 Å². The third-order valence-corrected chi connectivity index (χ3v) is 1.39. The molecule has 0 amide bonds. The first-order valence-electron chi connectivity index (χ1n) is 2.15. The summed E-state index contributed by atoms with van der Waals surface area (Å²) in [5.41, 5.74) is 0. The molecule has 0 rings (SSSR count). The zero-order chi connectivity index (χ0) is 9.28. The molecule has 0 unspecified atom stereocenters. The average Bonchev–Trinajstić information content (AvgIpc) is 1.56. The highest BCUT2D eigenvalue weighted by atomic mass is 127. The Balaban J connectivity index is 4.61. The van der Waals surface area contributed by atoms with Crippen LogP contribution in [0.1, 0.15) is 0 Å². The normalized spacial score (nSPS) is 13.0. The van der Waals surface area contributed by atoms with Crippen LogP contribution in [-0.4, -0.2) is 9.85 Å². The van der Waals surface area contributed by atoms with Gasteiger partial charge in [0, 0.05) is 22.6 Å². The van der Waals surface area contributed by atoms with Gasteiger partial charge in [-0.05, 0) is 0 Å². The predicted molar refractivity (Wildman–Crippen MR) is 34.2 cm³/mol.